The fraction of sp³-hybridized carbons (Fsp3) is 0.200. The Kier molecular flexibility index (Phi) is 9.43. The molecule has 34 heavy (non-hydrogen) atoms. The van der Waals surface area contributed by atoms with Gasteiger partial charge in [0.05, 0.1) is 14.4 Å². The second-order valence-corrected chi connectivity index (χ2v) is 11.7. The van der Waals surface area contributed by atoms with E-state index in [1.165, 1.54) is 17.1 Å². The first-order chi connectivity index (χ1) is 16.6. The Morgan fingerprint density at radius 2 is 1.79 bits per heavy atom. The minimum atomic E-state index is -0.320. The first-order valence-electron chi connectivity index (χ1n) is 10.5. The average molecular weight is 625 g/mol. The van der Waals surface area contributed by atoms with Gasteiger partial charge in [0.25, 0.3) is 5.91 Å². The molecule has 0 aromatic heterocycles. The molecule has 4 rings (SSSR count). The van der Waals surface area contributed by atoms with Crippen LogP contribution < -0.4 is 14.9 Å². The third-order valence-corrected chi connectivity index (χ3v) is 9.01. The quantitative estimate of drug-likeness (QED) is 0.167. The number of benzene rings is 3. The number of rotatable bonds is 9. The molecule has 1 aliphatic heterocycles. The lowest BCUT2D eigenvalue weighted by atomic mass is 10.2. The van der Waals surface area contributed by atoms with Gasteiger partial charge in [0.2, 0.25) is 0 Å². The molecule has 176 valence electrons. The van der Waals surface area contributed by atoms with Crippen molar-refractivity contribution in [1.29, 1.82) is 0 Å². The molecular weight excluding hydrogens is 603 g/mol. The fourth-order valence-corrected chi connectivity index (χ4v) is 6.77. The number of hydrogen-bond donors (Lipinski definition) is 1. The zero-order valence-electron chi connectivity index (χ0n) is 18.1. The van der Waals surface area contributed by atoms with E-state index in [2.05, 4.69) is 45.3 Å². The molecule has 1 saturated heterocycles. The molecule has 0 aliphatic carbocycles. The summed E-state index contributed by atoms with van der Waals surface area (Å²) in [6, 6.07) is 21.2. The van der Waals surface area contributed by atoms with E-state index in [-0.39, 0.29) is 12.5 Å². The highest BCUT2D eigenvalue weighted by atomic mass is 127. The summed E-state index contributed by atoms with van der Waals surface area (Å²) >= 11 is 12.1. The number of amides is 1. The maximum atomic E-state index is 12.1. The standard InChI is InChI=1S/C25H22ClIN2O3S2/c26-20-6-1-17(2-7-20)15-32-23-10-3-18(13-22(23)27)14-28-29-24(30)16-31-21-8-4-19(5-9-21)25-33-11-12-34-25/h1-10,13-14,25H,11-12,15-16H2,(H,29,30)/b28-14-. The second-order valence-electron chi connectivity index (χ2n) is 7.33. The van der Waals surface area contributed by atoms with E-state index in [0.29, 0.717) is 22.0 Å². The van der Waals surface area contributed by atoms with Gasteiger partial charge in [-0.15, -0.1) is 23.5 Å². The Bertz CT molecular complexity index is 1140. The molecule has 0 radical (unpaired) electrons. The van der Waals surface area contributed by atoms with Crippen LogP contribution in [-0.2, 0) is 11.4 Å². The number of carbonyl (C=O) groups excluding carboxylic acids is 1. The van der Waals surface area contributed by atoms with Crippen molar-refractivity contribution in [1.82, 2.24) is 5.43 Å². The van der Waals surface area contributed by atoms with E-state index < -0.39 is 0 Å². The number of nitrogens with one attached hydrogen (secondary N) is 1. The second kappa shape index (κ2) is 12.7. The Balaban J connectivity index is 1.21. The van der Waals surface area contributed by atoms with Crippen molar-refractivity contribution in [3.05, 3.63) is 92.0 Å². The van der Waals surface area contributed by atoms with E-state index in [0.717, 1.165) is 20.4 Å². The predicted molar refractivity (Wildman–Crippen MR) is 150 cm³/mol. The summed E-state index contributed by atoms with van der Waals surface area (Å²) in [5.41, 5.74) is 5.67. The number of carbonyl (C=O) groups is 1. The minimum absolute atomic E-state index is 0.0986. The van der Waals surface area contributed by atoms with E-state index in [1.54, 1.807) is 6.21 Å². The van der Waals surface area contributed by atoms with Gasteiger partial charge in [-0.2, -0.15) is 5.10 Å². The van der Waals surface area contributed by atoms with Crippen molar-refractivity contribution < 1.29 is 14.3 Å². The van der Waals surface area contributed by atoms with Gasteiger partial charge in [-0.25, -0.2) is 5.43 Å². The topological polar surface area (TPSA) is 59.9 Å². The van der Waals surface area contributed by atoms with Crippen LogP contribution in [-0.4, -0.2) is 30.2 Å². The zero-order chi connectivity index (χ0) is 23.8. The van der Waals surface area contributed by atoms with Crippen LogP contribution >= 0.6 is 57.7 Å². The summed E-state index contributed by atoms with van der Waals surface area (Å²) in [5, 5.41) is 4.73. The van der Waals surface area contributed by atoms with Crippen LogP contribution in [0.1, 0.15) is 21.3 Å². The molecule has 0 bridgehead atoms. The molecule has 1 fully saturated rings. The first kappa shape index (κ1) is 25.2. The summed E-state index contributed by atoms with van der Waals surface area (Å²) in [7, 11) is 0. The SMILES string of the molecule is O=C(COc1ccc(C2SCCS2)cc1)N/N=C\c1ccc(OCc2ccc(Cl)cc2)c(I)c1. The van der Waals surface area contributed by atoms with E-state index in [9.17, 15) is 4.79 Å². The van der Waals surface area contributed by atoms with Crippen molar-refractivity contribution in [3.8, 4) is 11.5 Å². The summed E-state index contributed by atoms with van der Waals surface area (Å²) in [6.45, 7) is 0.358. The van der Waals surface area contributed by atoms with Gasteiger partial charge in [-0.3, -0.25) is 4.79 Å². The normalized spacial score (nSPS) is 13.8. The number of ether oxygens (including phenoxy) is 2. The van der Waals surface area contributed by atoms with Gasteiger partial charge in [-0.1, -0.05) is 35.9 Å². The number of thioether (sulfide) groups is 2. The summed E-state index contributed by atoms with van der Waals surface area (Å²) in [5.74, 6) is 3.51. The van der Waals surface area contributed by atoms with Crippen LogP contribution in [0.2, 0.25) is 5.02 Å². The average Bonchev–Trinajstić information content (AvgIpc) is 3.39. The van der Waals surface area contributed by atoms with Crippen LogP contribution in [0.3, 0.4) is 0 Å². The number of halogens is 2. The fourth-order valence-electron chi connectivity index (χ4n) is 3.09. The Morgan fingerprint density at radius 1 is 1.06 bits per heavy atom. The Hall–Kier alpha value is -1.88. The first-order valence-corrected chi connectivity index (χ1v) is 14.1. The van der Waals surface area contributed by atoms with E-state index in [1.807, 2.05) is 78.1 Å². The highest BCUT2D eigenvalue weighted by Crippen LogP contribution is 2.45. The van der Waals surface area contributed by atoms with Gasteiger partial charge in [-0.05, 0) is 81.7 Å². The lowest BCUT2D eigenvalue weighted by Gasteiger charge is -2.10. The minimum Gasteiger partial charge on any atom is -0.488 e. The Morgan fingerprint density at radius 3 is 2.50 bits per heavy atom. The monoisotopic (exact) mass is 624 g/mol. The van der Waals surface area contributed by atoms with Gasteiger partial charge in [0.15, 0.2) is 6.61 Å². The predicted octanol–water partition coefficient (Wildman–Crippen LogP) is 6.53. The number of hydrogen-bond acceptors (Lipinski definition) is 6. The molecule has 0 spiro atoms. The maximum Gasteiger partial charge on any atom is 0.277 e. The Labute approximate surface area is 226 Å². The third kappa shape index (κ3) is 7.56. The summed E-state index contributed by atoms with van der Waals surface area (Å²) < 4.78 is 12.9. The van der Waals surface area contributed by atoms with E-state index >= 15 is 0 Å². The third-order valence-electron chi connectivity index (χ3n) is 4.81. The highest BCUT2D eigenvalue weighted by Gasteiger charge is 2.18. The number of hydrazone groups is 1. The van der Waals surface area contributed by atoms with Gasteiger partial charge >= 0.3 is 0 Å². The molecule has 0 unspecified atom stereocenters. The van der Waals surface area contributed by atoms with Gasteiger partial charge in [0, 0.05) is 16.5 Å². The van der Waals surface area contributed by atoms with Gasteiger partial charge < -0.3 is 9.47 Å². The van der Waals surface area contributed by atoms with Crippen molar-refractivity contribution in [2.24, 2.45) is 5.10 Å². The molecule has 5 nitrogen and oxygen atoms in total. The van der Waals surface area contributed by atoms with Gasteiger partial charge in [0.1, 0.15) is 18.1 Å². The summed E-state index contributed by atoms with van der Waals surface area (Å²) in [4.78, 5) is 12.1. The van der Waals surface area contributed by atoms with Crippen molar-refractivity contribution in [3.63, 3.8) is 0 Å². The summed E-state index contributed by atoms with van der Waals surface area (Å²) in [6.07, 6.45) is 1.59. The molecule has 1 N–H and O–H groups in total. The smallest absolute Gasteiger partial charge is 0.277 e. The van der Waals surface area contributed by atoms with Crippen molar-refractivity contribution >= 4 is 69.8 Å². The van der Waals surface area contributed by atoms with Crippen LogP contribution in [0.5, 0.6) is 11.5 Å². The van der Waals surface area contributed by atoms with Crippen LogP contribution in [0.4, 0.5) is 0 Å². The lowest BCUT2D eigenvalue weighted by Crippen LogP contribution is -2.24. The molecule has 0 atom stereocenters. The van der Waals surface area contributed by atoms with Crippen LogP contribution in [0, 0.1) is 3.57 Å². The van der Waals surface area contributed by atoms with Crippen molar-refractivity contribution in [2.75, 3.05) is 18.1 Å². The molecule has 1 aliphatic rings. The number of nitrogens with zero attached hydrogens (tertiary/aromatic N) is 1. The molecule has 9 heteroatoms. The molecular formula is C25H22ClIN2O3S2. The zero-order valence-corrected chi connectivity index (χ0v) is 22.6. The van der Waals surface area contributed by atoms with Crippen LogP contribution in [0.15, 0.2) is 71.8 Å². The molecule has 0 saturated carbocycles. The highest BCUT2D eigenvalue weighted by molar-refractivity contribution is 14.1. The lowest BCUT2D eigenvalue weighted by molar-refractivity contribution is -0.123. The van der Waals surface area contributed by atoms with Crippen LogP contribution in [0.25, 0.3) is 0 Å². The largest absolute Gasteiger partial charge is 0.488 e. The molecule has 3 aromatic carbocycles. The molecule has 1 amide bonds. The molecule has 1 heterocycles. The van der Waals surface area contributed by atoms with Crippen molar-refractivity contribution in [2.45, 2.75) is 11.2 Å². The molecule has 3 aromatic rings. The maximum absolute atomic E-state index is 12.1. The van der Waals surface area contributed by atoms with E-state index in [4.69, 9.17) is 21.1 Å².